The smallest absolute Gasteiger partial charge is 0.0560 e. The fraction of sp³-hybridized carbons (Fsp3) is 0.273. The highest BCUT2D eigenvalue weighted by molar-refractivity contribution is 7.19. The summed E-state index contributed by atoms with van der Waals surface area (Å²) in [6, 6.07) is 10.5. The minimum atomic E-state index is -0.243. The van der Waals surface area contributed by atoms with Crippen molar-refractivity contribution in [3.8, 4) is 0 Å². The molecule has 2 aromatic rings. The van der Waals surface area contributed by atoms with Crippen molar-refractivity contribution in [2.45, 2.75) is 19.4 Å². The summed E-state index contributed by atoms with van der Waals surface area (Å²) in [7, 11) is 0. The van der Waals surface area contributed by atoms with Gasteiger partial charge in [0, 0.05) is 16.0 Å². The van der Waals surface area contributed by atoms with Gasteiger partial charge in [0.1, 0.15) is 0 Å². The van der Waals surface area contributed by atoms with Crippen LogP contribution in [0.4, 0.5) is 0 Å². The third-order valence-electron chi connectivity index (χ3n) is 1.97. The van der Waals surface area contributed by atoms with Gasteiger partial charge in [-0.3, -0.25) is 0 Å². The van der Waals surface area contributed by atoms with Crippen molar-refractivity contribution < 1.29 is 5.11 Å². The topological polar surface area (TPSA) is 20.2 Å². The summed E-state index contributed by atoms with van der Waals surface area (Å²) in [6.45, 7) is 1.82. The summed E-state index contributed by atoms with van der Waals surface area (Å²) in [5.41, 5.74) is 0. The molecular formula is C11H12OS. The van der Waals surface area contributed by atoms with Crippen molar-refractivity contribution in [2.24, 2.45) is 0 Å². The second-order valence-corrected chi connectivity index (χ2v) is 4.47. The molecule has 1 unspecified atom stereocenters. The maximum absolute atomic E-state index is 9.24. The first-order chi connectivity index (χ1) is 6.25. The molecule has 0 bridgehead atoms. The Morgan fingerprint density at radius 3 is 2.85 bits per heavy atom. The van der Waals surface area contributed by atoms with Crippen LogP contribution in [0.3, 0.4) is 0 Å². The molecule has 68 valence electrons. The molecule has 1 nitrogen and oxygen atoms in total. The van der Waals surface area contributed by atoms with E-state index < -0.39 is 0 Å². The van der Waals surface area contributed by atoms with E-state index >= 15 is 0 Å². The first-order valence-electron chi connectivity index (χ1n) is 4.41. The van der Waals surface area contributed by atoms with Gasteiger partial charge in [0.15, 0.2) is 0 Å². The first-order valence-corrected chi connectivity index (χ1v) is 5.23. The van der Waals surface area contributed by atoms with Crippen LogP contribution in [0.15, 0.2) is 30.3 Å². The molecule has 0 saturated heterocycles. The fourth-order valence-electron chi connectivity index (χ4n) is 1.43. The number of hydrogen-bond donors (Lipinski definition) is 1. The Hall–Kier alpha value is -0.860. The number of fused-ring (bicyclic) bond motifs is 1. The number of benzene rings is 1. The third kappa shape index (κ3) is 1.90. The lowest BCUT2D eigenvalue weighted by atomic mass is 10.2. The highest BCUT2D eigenvalue weighted by Crippen LogP contribution is 2.25. The highest BCUT2D eigenvalue weighted by atomic mass is 32.1. The minimum absolute atomic E-state index is 0.243. The molecule has 1 N–H and O–H groups in total. The lowest BCUT2D eigenvalue weighted by Gasteiger charge is -1.98. The average Bonchev–Trinajstić information content (AvgIpc) is 2.44. The number of thiophene rings is 1. The summed E-state index contributed by atoms with van der Waals surface area (Å²) in [6.07, 6.45) is 0.521. The Balaban J connectivity index is 2.38. The van der Waals surface area contributed by atoms with Crippen molar-refractivity contribution in [2.75, 3.05) is 0 Å². The van der Waals surface area contributed by atoms with E-state index in [2.05, 4.69) is 18.2 Å². The van der Waals surface area contributed by atoms with Crippen LogP contribution in [0.25, 0.3) is 10.1 Å². The molecule has 1 aromatic heterocycles. The highest BCUT2D eigenvalue weighted by Gasteiger charge is 2.03. The summed E-state index contributed by atoms with van der Waals surface area (Å²) in [4.78, 5) is 1.26. The molecule has 0 spiro atoms. The van der Waals surface area contributed by atoms with E-state index in [1.165, 1.54) is 15.0 Å². The molecule has 1 atom stereocenters. The Kier molecular flexibility index (Phi) is 2.34. The Morgan fingerprint density at radius 2 is 2.15 bits per heavy atom. The molecule has 0 fully saturated rings. The van der Waals surface area contributed by atoms with E-state index in [0.717, 1.165) is 6.42 Å². The number of hydrogen-bond acceptors (Lipinski definition) is 2. The molecule has 0 radical (unpaired) electrons. The van der Waals surface area contributed by atoms with E-state index in [0.29, 0.717) is 0 Å². The number of aliphatic hydroxyl groups is 1. The van der Waals surface area contributed by atoms with Gasteiger partial charge in [0.25, 0.3) is 0 Å². The summed E-state index contributed by atoms with van der Waals surface area (Å²) in [5.74, 6) is 0. The van der Waals surface area contributed by atoms with Gasteiger partial charge in [-0.25, -0.2) is 0 Å². The maximum atomic E-state index is 9.24. The summed E-state index contributed by atoms with van der Waals surface area (Å²) < 4.78 is 1.30. The molecule has 13 heavy (non-hydrogen) atoms. The van der Waals surface area contributed by atoms with E-state index in [9.17, 15) is 5.11 Å². The van der Waals surface area contributed by atoms with Gasteiger partial charge >= 0.3 is 0 Å². The van der Waals surface area contributed by atoms with Crippen LogP contribution < -0.4 is 0 Å². The predicted molar refractivity (Wildman–Crippen MR) is 57.2 cm³/mol. The van der Waals surface area contributed by atoms with Crippen LogP contribution in [0.2, 0.25) is 0 Å². The molecule has 2 heteroatoms. The molecule has 0 amide bonds. The molecular weight excluding hydrogens is 180 g/mol. The molecule has 1 aromatic carbocycles. The van der Waals surface area contributed by atoms with Gasteiger partial charge in [-0.05, 0) is 24.4 Å². The SMILES string of the molecule is CC(O)Cc1cc2ccccc2s1. The molecule has 2 rings (SSSR count). The second-order valence-electron chi connectivity index (χ2n) is 3.30. The molecule has 0 aliphatic heterocycles. The van der Waals surface area contributed by atoms with Crippen molar-refractivity contribution >= 4 is 21.4 Å². The fourth-order valence-corrected chi connectivity index (χ4v) is 2.61. The third-order valence-corrected chi connectivity index (χ3v) is 3.11. The van der Waals surface area contributed by atoms with Crippen molar-refractivity contribution in [1.29, 1.82) is 0 Å². The van der Waals surface area contributed by atoms with Gasteiger partial charge in [-0.15, -0.1) is 11.3 Å². The maximum Gasteiger partial charge on any atom is 0.0560 e. The molecule has 0 aliphatic carbocycles. The number of rotatable bonds is 2. The van der Waals surface area contributed by atoms with E-state index in [4.69, 9.17) is 0 Å². The second kappa shape index (κ2) is 3.48. The molecule has 1 heterocycles. The van der Waals surface area contributed by atoms with E-state index in [1.807, 2.05) is 19.1 Å². The normalized spacial score (nSPS) is 13.4. The standard InChI is InChI=1S/C11H12OS/c1-8(12)6-10-7-9-4-2-3-5-11(9)13-10/h2-5,7-8,12H,6H2,1H3. The van der Waals surface area contributed by atoms with Crippen LogP contribution in [0, 0.1) is 0 Å². The van der Waals surface area contributed by atoms with E-state index in [-0.39, 0.29) is 6.10 Å². The van der Waals surface area contributed by atoms with Crippen LogP contribution in [-0.2, 0) is 6.42 Å². The number of aliphatic hydroxyl groups excluding tert-OH is 1. The molecule has 0 saturated carbocycles. The van der Waals surface area contributed by atoms with Gasteiger partial charge < -0.3 is 5.11 Å². The van der Waals surface area contributed by atoms with Crippen LogP contribution in [0.5, 0.6) is 0 Å². The van der Waals surface area contributed by atoms with Gasteiger partial charge in [-0.2, -0.15) is 0 Å². The average molecular weight is 192 g/mol. The first kappa shape index (κ1) is 8.73. The Morgan fingerprint density at radius 1 is 1.38 bits per heavy atom. The lowest BCUT2D eigenvalue weighted by molar-refractivity contribution is 0.196. The molecule has 0 aliphatic rings. The zero-order chi connectivity index (χ0) is 9.26. The Labute approximate surface area is 81.6 Å². The largest absolute Gasteiger partial charge is 0.393 e. The van der Waals surface area contributed by atoms with Crippen molar-refractivity contribution in [3.63, 3.8) is 0 Å². The minimum Gasteiger partial charge on any atom is -0.393 e. The predicted octanol–water partition coefficient (Wildman–Crippen LogP) is 2.82. The quantitative estimate of drug-likeness (QED) is 0.775. The summed E-state index contributed by atoms with van der Waals surface area (Å²) in [5, 5.41) is 10.5. The van der Waals surface area contributed by atoms with Crippen molar-refractivity contribution in [3.05, 3.63) is 35.2 Å². The van der Waals surface area contributed by atoms with Gasteiger partial charge in [-0.1, -0.05) is 18.2 Å². The van der Waals surface area contributed by atoms with Crippen LogP contribution in [-0.4, -0.2) is 11.2 Å². The van der Waals surface area contributed by atoms with Gasteiger partial charge in [0.2, 0.25) is 0 Å². The zero-order valence-electron chi connectivity index (χ0n) is 7.53. The Bertz CT molecular complexity index is 370. The van der Waals surface area contributed by atoms with Gasteiger partial charge in [0.05, 0.1) is 6.10 Å². The van der Waals surface area contributed by atoms with Crippen LogP contribution in [0.1, 0.15) is 11.8 Å². The monoisotopic (exact) mass is 192 g/mol. The van der Waals surface area contributed by atoms with E-state index in [1.54, 1.807) is 11.3 Å². The summed E-state index contributed by atoms with van der Waals surface area (Å²) >= 11 is 1.77. The lowest BCUT2D eigenvalue weighted by Crippen LogP contribution is -2.01. The van der Waals surface area contributed by atoms with Crippen LogP contribution >= 0.6 is 11.3 Å². The van der Waals surface area contributed by atoms with Crippen molar-refractivity contribution in [1.82, 2.24) is 0 Å². The zero-order valence-corrected chi connectivity index (χ0v) is 8.34.